The Morgan fingerprint density at radius 3 is 2.90 bits per heavy atom. The summed E-state index contributed by atoms with van der Waals surface area (Å²) in [6.07, 6.45) is 0. The molecule has 0 amide bonds. The highest BCUT2D eigenvalue weighted by molar-refractivity contribution is 7.17. The van der Waals surface area contributed by atoms with E-state index in [0.717, 1.165) is 16.5 Å². The molecule has 0 aliphatic rings. The number of ether oxygens (including phenoxy) is 1. The van der Waals surface area contributed by atoms with E-state index in [1.807, 2.05) is 24.4 Å². The van der Waals surface area contributed by atoms with E-state index >= 15 is 0 Å². The minimum absolute atomic E-state index is 0.243. The summed E-state index contributed by atoms with van der Waals surface area (Å²) in [6, 6.07) is 11.1. The maximum absolute atomic E-state index is 13.8. The van der Waals surface area contributed by atoms with Crippen LogP contribution in [0.15, 0.2) is 41.8 Å². The second kappa shape index (κ2) is 5.13. The number of rotatable bonds is 3. The van der Waals surface area contributed by atoms with Crippen LogP contribution < -0.4 is 10.5 Å². The minimum Gasteiger partial charge on any atom is -0.486 e. The molecule has 1 heterocycles. The van der Waals surface area contributed by atoms with Gasteiger partial charge in [0.25, 0.3) is 0 Å². The van der Waals surface area contributed by atoms with Crippen molar-refractivity contribution in [2.45, 2.75) is 13.5 Å². The lowest BCUT2D eigenvalue weighted by atomic mass is 10.2. The van der Waals surface area contributed by atoms with Crippen LogP contribution in [0.3, 0.4) is 0 Å². The third kappa shape index (κ3) is 2.34. The molecule has 0 atom stereocenters. The highest BCUT2D eigenvalue weighted by Gasteiger charge is 2.09. The lowest BCUT2D eigenvalue weighted by Gasteiger charge is -2.09. The fourth-order valence-electron chi connectivity index (χ4n) is 2.08. The Bertz CT molecular complexity index is 766. The van der Waals surface area contributed by atoms with Crippen LogP contribution in [0.4, 0.5) is 10.1 Å². The van der Waals surface area contributed by atoms with Gasteiger partial charge in [-0.05, 0) is 35.4 Å². The quantitative estimate of drug-likeness (QED) is 0.719. The number of aryl methyl sites for hydroxylation is 1. The van der Waals surface area contributed by atoms with Gasteiger partial charge in [0.15, 0.2) is 11.6 Å². The normalized spacial score (nSPS) is 10.9. The lowest BCUT2D eigenvalue weighted by molar-refractivity contribution is 0.292. The van der Waals surface area contributed by atoms with Crippen LogP contribution >= 0.6 is 11.3 Å². The Hall–Kier alpha value is -2.07. The molecule has 2 N–H and O–H groups in total. The van der Waals surface area contributed by atoms with Gasteiger partial charge in [0.1, 0.15) is 6.61 Å². The van der Waals surface area contributed by atoms with Gasteiger partial charge in [-0.1, -0.05) is 18.2 Å². The van der Waals surface area contributed by atoms with Crippen molar-refractivity contribution in [2.75, 3.05) is 5.73 Å². The van der Waals surface area contributed by atoms with E-state index in [2.05, 4.69) is 12.1 Å². The molecule has 0 bridgehead atoms. The Kier molecular flexibility index (Phi) is 3.32. The van der Waals surface area contributed by atoms with Crippen LogP contribution in [0.25, 0.3) is 10.1 Å². The molecule has 2 aromatic carbocycles. The molecule has 0 saturated heterocycles. The van der Waals surface area contributed by atoms with Crippen molar-refractivity contribution in [3.05, 3.63) is 58.7 Å². The summed E-state index contributed by atoms with van der Waals surface area (Å²) < 4.78 is 20.6. The van der Waals surface area contributed by atoms with Gasteiger partial charge in [-0.2, -0.15) is 0 Å². The zero-order chi connectivity index (χ0) is 14.1. The van der Waals surface area contributed by atoms with Crippen molar-refractivity contribution >= 4 is 27.1 Å². The topological polar surface area (TPSA) is 35.2 Å². The summed E-state index contributed by atoms with van der Waals surface area (Å²) >= 11 is 1.67. The predicted molar refractivity (Wildman–Crippen MR) is 81.7 cm³/mol. The molecule has 20 heavy (non-hydrogen) atoms. The first-order valence-electron chi connectivity index (χ1n) is 6.28. The number of halogens is 1. The molecule has 2 nitrogen and oxygen atoms in total. The first kappa shape index (κ1) is 12.9. The highest BCUT2D eigenvalue weighted by atomic mass is 32.1. The third-order valence-corrected chi connectivity index (χ3v) is 4.28. The van der Waals surface area contributed by atoms with Crippen molar-refractivity contribution in [1.29, 1.82) is 0 Å². The van der Waals surface area contributed by atoms with Crippen LogP contribution in [0.1, 0.15) is 11.1 Å². The van der Waals surface area contributed by atoms with Gasteiger partial charge in [-0.15, -0.1) is 11.3 Å². The fourth-order valence-corrected chi connectivity index (χ4v) is 3.03. The molecule has 3 aromatic rings. The maximum atomic E-state index is 13.8. The van der Waals surface area contributed by atoms with Gasteiger partial charge in [0.05, 0.1) is 0 Å². The number of hydrogen-bond acceptors (Lipinski definition) is 3. The van der Waals surface area contributed by atoms with Crippen molar-refractivity contribution in [1.82, 2.24) is 0 Å². The monoisotopic (exact) mass is 287 g/mol. The predicted octanol–water partition coefficient (Wildman–Crippen LogP) is 4.51. The fraction of sp³-hybridized carbons (Fsp3) is 0.125. The molecule has 0 spiro atoms. The number of anilines is 1. The summed E-state index contributed by atoms with van der Waals surface area (Å²) in [5.41, 5.74) is 7.99. The molecular formula is C16H14FNOS. The second-order valence-electron chi connectivity index (χ2n) is 4.68. The molecule has 0 radical (unpaired) electrons. The standard InChI is InChI=1S/C16H14FNOS/c1-10-6-15(13(17)7-14(10)18)19-8-11-9-20-16-5-3-2-4-12(11)16/h2-7,9H,8,18H2,1H3. The highest BCUT2D eigenvalue weighted by Crippen LogP contribution is 2.28. The number of nitrogens with two attached hydrogens (primary N) is 1. The Morgan fingerprint density at radius 1 is 1.25 bits per heavy atom. The molecule has 102 valence electrons. The van der Waals surface area contributed by atoms with Crippen molar-refractivity contribution in [3.63, 3.8) is 0 Å². The van der Waals surface area contributed by atoms with E-state index in [1.54, 1.807) is 17.4 Å². The molecular weight excluding hydrogens is 273 g/mol. The number of nitrogen functional groups attached to an aromatic ring is 1. The van der Waals surface area contributed by atoms with Crippen molar-refractivity contribution in [2.24, 2.45) is 0 Å². The van der Waals surface area contributed by atoms with Crippen LogP contribution in [0, 0.1) is 12.7 Å². The maximum Gasteiger partial charge on any atom is 0.167 e. The summed E-state index contributed by atoms with van der Waals surface area (Å²) in [7, 11) is 0. The van der Waals surface area contributed by atoms with Gasteiger partial charge < -0.3 is 10.5 Å². The number of thiophene rings is 1. The van der Waals surface area contributed by atoms with Crippen molar-refractivity contribution < 1.29 is 9.13 Å². The molecule has 3 rings (SSSR count). The minimum atomic E-state index is -0.423. The Labute approximate surface area is 120 Å². The summed E-state index contributed by atoms with van der Waals surface area (Å²) in [4.78, 5) is 0. The zero-order valence-corrected chi connectivity index (χ0v) is 11.8. The number of hydrogen-bond donors (Lipinski definition) is 1. The zero-order valence-electron chi connectivity index (χ0n) is 11.0. The molecule has 4 heteroatoms. The average Bonchev–Trinajstić information content (AvgIpc) is 2.85. The number of benzene rings is 2. The molecule has 0 saturated carbocycles. The second-order valence-corrected chi connectivity index (χ2v) is 5.60. The summed E-state index contributed by atoms with van der Waals surface area (Å²) in [5, 5.41) is 3.21. The Balaban J connectivity index is 1.85. The van der Waals surface area contributed by atoms with Gasteiger partial charge in [0, 0.05) is 22.0 Å². The van der Waals surface area contributed by atoms with Crippen LogP contribution in [0.2, 0.25) is 0 Å². The van der Waals surface area contributed by atoms with Gasteiger partial charge in [0.2, 0.25) is 0 Å². The molecule has 1 aromatic heterocycles. The van der Waals surface area contributed by atoms with Gasteiger partial charge >= 0.3 is 0 Å². The van der Waals surface area contributed by atoms with E-state index in [4.69, 9.17) is 10.5 Å². The van der Waals surface area contributed by atoms with Crippen LogP contribution in [0.5, 0.6) is 5.75 Å². The van der Waals surface area contributed by atoms with Gasteiger partial charge in [-0.25, -0.2) is 4.39 Å². The van der Waals surface area contributed by atoms with E-state index < -0.39 is 5.82 Å². The SMILES string of the molecule is Cc1cc(OCc2csc3ccccc23)c(F)cc1N. The largest absolute Gasteiger partial charge is 0.486 e. The first-order chi connectivity index (χ1) is 9.65. The van der Waals surface area contributed by atoms with E-state index in [0.29, 0.717) is 12.3 Å². The van der Waals surface area contributed by atoms with Gasteiger partial charge in [-0.3, -0.25) is 0 Å². The van der Waals surface area contributed by atoms with E-state index in [-0.39, 0.29) is 5.75 Å². The molecule has 0 aliphatic carbocycles. The average molecular weight is 287 g/mol. The van der Waals surface area contributed by atoms with E-state index in [1.165, 1.54) is 10.8 Å². The van der Waals surface area contributed by atoms with E-state index in [9.17, 15) is 4.39 Å². The molecule has 0 fully saturated rings. The summed E-state index contributed by atoms with van der Waals surface area (Å²) in [6.45, 7) is 2.19. The first-order valence-corrected chi connectivity index (χ1v) is 7.16. The lowest BCUT2D eigenvalue weighted by Crippen LogP contribution is -1.99. The summed E-state index contributed by atoms with van der Waals surface area (Å²) in [5.74, 6) is -0.181. The number of fused-ring (bicyclic) bond motifs is 1. The Morgan fingerprint density at radius 2 is 2.05 bits per heavy atom. The van der Waals surface area contributed by atoms with Crippen LogP contribution in [-0.2, 0) is 6.61 Å². The third-order valence-electron chi connectivity index (χ3n) is 3.26. The smallest absolute Gasteiger partial charge is 0.167 e. The van der Waals surface area contributed by atoms with Crippen LogP contribution in [-0.4, -0.2) is 0 Å². The molecule has 0 unspecified atom stereocenters. The molecule has 0 aliphatic heterocycles. The van der Waals surface area contributed by atoms with Crippen molar-refractivity contribution in [3.8, 4) is 5.75 Å².